The van der Waals surface area contributed by atoms with E-state index >= 15 is 0 Å². The van der Waals surface area contributed by atoms with Gasteiger partial charge in [0.15, 0.2) is 0 Å². The highest BCUT2D eigenvalue weighted by Crippen LogP contribution is 2.09. The van der Waals surface area contributed by atoms with Gasteiger partial charge >= 0.3 is 0 Å². The average molecular weight is 241 g/mol. The smallest absolute Gasteiger partial charge is 0.228 e. The number of nitrogens with two attached hydrogens (primary N) is 1. The van der Waals surface area contributed by atoms with Crippen molar-refractivity contribution in [3.63, 3.8) is 0 Å². The SMILES string of the molecule is Cc1ccc(NC(=O)Cc2ccc(N)cc2)cn1. The van der Waals surface area contributed by atoms with Crippen LogP contribution < -0.4 is 11.1 Å². The number of carbonyl (C=O) groups is 1. The number of aryl methyl sites for hydroxylation is 1. The lowest BCUT2D eigenvalue weighted by Crippen LogP contribution is -2.14. The standard InChI is InChI=1S/C14H15N3O/c1-10-2-7-13(9-16-10)17-14(18)8-11-3-5-12(15)6-4-11/h2-7,9H,8,15H2,1H3,(H,17,18). The third kappa shape index (κ3) is 3.31. The van der Waals surface area contributed by atoms with E-state index in [0.717, 1.165) is 11.3 Å². The Morgan fingerprint density at radius 2 is 1.94 bits per heavy atom. The van der Waals surface area contributed by atoms with E-state index in [1.54, 1.807) is 18.3 Å². The first-order valence-corrected chi connectivity index (χ1v) is 5.70. The lowest BCUT2D eigenvalue weighted by Gasteiger charge is -2.05. The van der Waals surface area contributed by atoms with Crippen LogP contribution in [-0.4, -0.2) is 10.9 Å². The van der Waals surface area contributed by atoms with Crippen molar-refractivity contribution < 1.29 is 4.79 Å². The van der Waals surface area contributed by atoms with Gasteiger partial charge in [0.05, 0.1) is 18.3 Å². The van der Waals surface area contributed by atoms with Crippen LogP contribution in [-0.2, 0) is 11.2 Å². The number of nitrogens with one attached hydrogen (secondary N) is 1. The zero-order valence-corrected chi connectivity index (χ0v) is 10.2. The predicted octanol–water partition coefficient (Wildman–Crippen LogP) is 2.15. The normalized spacial score (nSPS) is 10.1. The van der Waals surface area contributed by atoms with Crippen molar-refractivity contribution in [1.29, 1.82) is 0 Å². The van der Waals surface area contributed by atoms with Crippen LogP contribution in [0.2, 0.25) is 0 Å². The molecule has 1 aromatic carbocycles. The number of rotatable bonds is 3. The first kappa shape index (κ1) is 12.1. The molecule has 18 heavy (non-hydrogen) atoms. The zero-order chi connectivity index (χ0) is 13.0. The van der Waals surface area contributed by atoms with Gasteiger partial charge in [0.1, 0.15) is 0 Å². The second kappa shape index (κ2) is 5.31. The van der Waals surface area contributed by atoms with Gasteiger partial charge in [0, 0.05) is 11.4 Å². The number of nitrogen functional groups attached to an aromatic ring is 1. The summed E-state index contributed by atoms with van der Waals surface area (Å²) in [7, 11) is 0. The highest BCUT2D eigenvalue weighted by Gasteiger charge is 2.04. The first-order chi connectivity index (χ1) is 8.63. The van der Waals surface area contributed by atoms with Crippen molar-refractivity contribution in [3.05, 3.63) is 53.9 Å². The number of amides is 1. The van der Waals surface area contributed by atoms with Gasteiger partial charge in [-0.05, 0) is 36.8 Å². The van der Waals surface area contributed by atoms with E-state index in [-0.39, 0.29) is 5.91 Å². The molecule has 4 heteroatoms. The van der Waals surface area contributed by atoms with Crippen LogP contribution in [0.4, 0.5) is 11.4 Å². The van der Waals surface area contributed by atoms with Gasteiger partial charge in [-0.2, -0.15) is 0 Å². The number of nitrogens with zero attached hydrogens (tertiary/aromatic N) is 1. The maximum atomic E-state index is 11.8. The molecule has 92 valence electrons. The van der Waals surface area contributed by atoms with Gasteiger partial charge in [-0.25, -0.2) is 0 Å². The van der Waals surface area contributed by atoms with Crippen LogP contribution in [0, 0.1) is 6.92 Å². The molecule has 0 spiro atoms. The molecule has 2 aromatic rings. The topological polar surface area (TPSA) is 68.0 Å². The van der Waals surface area contributed by atoms with Crippen LogP contribution >= 0.6 is 0 Å². The Morgan fingerprint density at radius 3 is 2.56 bits per heavy atom. The summed E-state index contributed by atoms with van der Waals surface area (Å²) in [6.07, 6.45) is 1.98. The van der Waals surface area contributed by atoms with Crippen molar-refractivity contribution in [3.8, 4) is 0 Å². The molecule has 0 unspecified atom stereocenters. The van der Waals surface area contributed by atoms with Crippen molar-refractivity contribution in [2.45, 2.75) is 13.3 Å². The van der Waals surface area contributed by atoms with Crippen LogP contribution in [0.25, 0.3) is 0 Å². The van der Waals surface area contributed by atoms with Crippen molar-refractivity contribution >= 4 is 17.3 Å². The second-order valence-electron chi connectivity index (χ2n) is 4.15. The molecular formula is C14H15N3O. The summed E-state index contributed by atoms with van der Waals surface area (Å²) in [6, 6.07) is 11.0. The molecule has 0 aliphatic rings. The number of carbonyl (C=O) groups excluding carboxylic acids is 1. The highest BCUT2D eigenvalue weighted by molar-refractivity contribution is 5.92. The molecule has 0 atom stereocenters. The largest absolute Gasteiger partial charge is 0.399 e. The molecule has 0 radical (unpaired) electrons. The van der Waals surface area contributed by atoms with Gasteiger partial charge in [-0.15, -0.1) is 0 Å². The Hall–Kier alpha value is -2.36. The Balaban J connectivity index is 1.96. The van der Waals surface area contributed by atoms with Crippen molar-refractivity contribution in [2.75, 3.05) is 11.1 Å². The number of anilines is 2. The molecular weight excluding hydrogens is 226 g/mol. The van der Waals surface area contributed by atoms with Crippen LogP contribution in [0.1, 0.15) is 11.3 Å². The van der Waals surface area contributed by atoms with E-state index < -0.39 is 0 Å². The summed E-state index contributed by atoms with van der Waals surface area (Å²) in [5.74, 6) is -0.0644. The van der Waals surface area contributed by atoms with Crippen molar-refractivity contribution in [2.24, 2.45) is 0 Å². The van der Waals surface area contributed by atoms with E-state index in [9.17, 15) is 4.79 Å². The predicted molar refractivity (Wildman–Crippen MR) is 72.2 cm³/mol. The Labute approximate surface area is 106 Å². The molecule has 2 rings (SSSR count). The van der Waals surface area contributed by atoms with Gasteiger partial charge in [-0.3, -0.25) is 9.78 Å². The molecule has 4 nitrogen and oxygen atoms in total. The molecule has 0 aliphatic heterocycles. The Kier molecular flexibility index (Phi) is 3.57. The number of aromatic nitrogens is 1. The summed E-state index contributed by atoms with van der Waals surface area (Å²) in [4.78, 5) is 15.9. The summed E-state index contributed by atoms with van der Waals surface area (Å²) >= 11 is 0. The molecule has 1 amide bonds. The number of hydrogen-bond acceptors (Lipinski definition) is 3. The van der Waals surface area contributed by atoms with Crippen LogP contribution in [0.5, 0.6) is 0 Å². The fraction of sp³-hybridized carbons (Fsp3) is 0.143. The maximum absolute atomic E-state index is 11.8. The third-order valence-corrected chi connectivity index (χ3v) is 2.54. The zero-order valence-electron chi connectivity index (χ0n) is 10.2. The Morgan fingerprint density at radius 1 is 1.22 bits per heavy atom. The summed E-state index contributed by atoms with van der Waals surface area (Å²) in [5, 5.41) is 2.80. The minimum absolute atomic E-state index is 0.0644. The summed E-state index contributed by atoms with van der Waals surface area (Å²) in [5.41, 5.74) is 8.85. The molecule has 0 saturated heterocycles. The lowest BCUT2D eigenvalue weighted by molar-refractivity contribution is -0.115. The van der Waals surface area contributed by atoms with E-state index in [2.05, 4.69) is 10.3 Å². The van der Waals surface area contributed by atoms with Crippen molar-refractivity contribution in [1.82, 2.24) is 4.98 Å². The Bertz CT molecular complexity index is 482. The fourth-order valence-electron chi connectivity index (χ4n) is 1.57. The first-order valence-electron chi connectivity index (χ1n) is 5.70. The maximum Gasteiger partial charge on any atom is 0.228 e. The average Bonchev–Trinajstić information content (AvgIpc) is 2.35. The summed E-state index contributed by atoms with van der Waals surface area (Å²) < 4.78 is 0. The van der Waals surface area contributed by atoms with Gasteiger partial charge in [0.25, 0.3) is 0 Å². The number of hydrogen-bond donors (Lipinski definition) is 2. The minimum Gasteiger partial charge on any atom is -0.399 e. The van der Waals surface area contributed by atoms with E-state index in [1.165, 1.54) is 0 Å². The molecule has 1 heterocycles. The quantitative estimate of drug-likeness (QED) is 0.809. The molecule has 3 N–H and O–H groups in total. The monoisotopic (exact) mass is 241 g/mol. The van der Waals surface area contributed by atoms with E-state index in [4.69, 9.17) is 5.73 Å². The fourth-order valence-corrected chi connectivity index (χ4v) is 1.57. The summed E-state index contributed by atoms with van der Waals surface area (Å²) in [6.45, 7) is 1.90. The highest BCUT2D eigenvalue weighted by atomic mass is 16.1. The second-order valence-corrected chi connectivity index (χ2v) is 4.15. The minimum atomic E-state index is -0.0644. The van der Waals surface area contributed by atoms with E-state index in [0.29, 0.717) is 17.8 Å². The van der Waals surface area contributed by atoms with Gasteiger partial charge in [0.2, 0.25) is 5.91 Å². The van der Waals surface area contributed by atoms with Gasteiger partial charge < -0.3 is 11.1 Å². The third-order valence-electron chi connectivity index (χ3n) is 2.54. The number of pyridine rings is 1. The molecule has 0 bridgehead atoms. The van der Waals surface area contributed by atoms with Gasteiger partial charge in [-0.1, -0.05) is 12.1 Å². The molecule has 0 saturated carbocycles. The van der Waals surface area contributed by atoms with Crippen LogP contribution in [0.15, 0.2) is 42.6 Å². The number of benzene rings is 1. The molecule has 0 fully saturated rings. The van der Waals surface area contributed by atoms with E-state index in [1.807, 2.05) is 31.2 Å². The molecule has 0 aliphatic carbocycles. The van der Waals surface area contributed by atoms with Crippen LogP contribution in [0.3, 0.4) is 0 Å². The molecule has 1 aromatic heterocycles. The lowest BCUT2D eigenvalue weighted by atomic mass is 10.1.